The lowest BCUT2D eigenvalue weighted by molar-refractivity contribution is 0.102. The van der Waals surface area contributed by atoms with Gasteiger partial charge in [-0.2, -0.15) is 0 Å². The molecule has 5 heteroatoms. The number of nitrogens with one attached hydrogen (secondary N) is 1. The largest absolute Gasteiger partial charge is 0.322 e. The average Bonchev–Trinajstić information content (AvgIpc) is 2.62. The van der Waals surface area contributed by atoms with Crippen molar-refractivity contribution in [1.82, 2.24) is 9.88 Å². The highest BCUT2D eigenvalue weighted by Gasteiger charge is 2.10. The van der Waals surface area contributed by atoms with Crippen molar-refractivity contribution in [3.63, 3.8) is 0 Å². The predicted octanol–water partition coefficient (Wildman–Crippen LogP) is 4.53. The van der Waals surface area contributed by atoms with Gasteiger partial charge in [0.15, 0.2) is 0 Å². The van der Waals surface area contributed by atoms with Crippen LogP contribution in [-0.4, -0.2) is 41.2 Å². The Morgan fingerprint density at radius 1 is 1.12 bits per heavy atom. The highest BCUT2D eigenvalue weighted by Crippen LogP contribution is 2.18. The van der Waals surface area contributed by atoms with Crippen LogP contribution in [0.1, 0.15) is 40.7 Å². The quantitative estimate of drug-likeness (QED) is 0.760. The number of carbonyl (C=O) groups excluding carboxylic acids is 1. The summed E-state index contributed by atoms with van der Waals surface area (Å²) in [6, 6.07) is 9.84. The third-order valence-corrected chi connectivity index (χ3v) is 5.51. The van der Waals surface area contributed by atoms with E-state index in [9.17, 15) is 4.79 Å². The molecular weight excluding hydrogens is 342 g/mol. The number of pyridine rings is 1. The number of benzene rings is 1. The molecule has 1 fully saturated rings. The SMILES string of the molecule is Cc1cc(C)cc(NC(=O)c2ccc(SCCN3CCCCC3)nc2)c1. The maximum absolute atomic E-state index is 12.4. The molecule has 0 spiro atoms. The first-order valence-electron chi connectivity index (χ1n) is 9.31. The molecule has 1 saturated heterocycles. The van der Waals surface area contributed by atoms with Gasteiger partial charge < -0.3 is 10.2 Å². The van der Waals surface area contributed by atoms with Crippen LogP contribution < -0.4 is 5.32 Å². The summed E-state index contributed by atoms with van der Waals surface area (Å²) >= 11 is 1.76. The Kier molecular flexibility index (Phi) is 6.69. The first-order valence-corrected chi connectivity index (χ1v) is 10.3. The van der Waals surface area contributed by atoms with Crippen molar-refractivity contribution in [1.29, 1.82) is 0 Å². The van der Waals surface area contributed by atoms with Crippen LogP contribution in [0.4, 0.5) is 5.69 Å². The van der Waals surface area contributed by atoms with Crippen molar-refractivity contribution in [3.05, 3.63) is 53.2 Å². The zero-order chi connectivity index (χ0) is 18.4. The standard InChI is InChI=1S/C21H27N3OS/c1-16-12-17(2)14-19(13-16)23-21(25)18-6-7-20(22-15-18)26-11-10-24-8-4-3-5-9-24/h6-7,12-15H,3-5,8-11H2,1-2H3,(H,23,25). The lowest BCUT2D eigenvalue weighted by Crippen LogP contribution is -2.31. The van der Waals surface area contributed by atoms with E-state index in [-0.39, 0.29) is 5.91 Å². The van der Waals surface area contributed by atoms with Crippen molar-refractivity contribution in [2.45, 2.75) is 38.1 Å². The second-order valence-corrected chi connectivity index (χ2v) is 8.08. The monoisotopic (exact) mass is 369 g/mol. The van der Waals surface area contributed by atoms with E-state index < -0.39 is 0 Å². The average molecular weight is 370 g/mol. The Balaban J connectivity index is 1.50. The second-order valence-electron chi connectivity index (χ2n) is 6.97. The molecule has 1 aromatic carbocycles. The van der Waals surface area contributed by atoms with E-state index in [1.54, 1.807) is 18.0 Å². The molecule has 1 N–H and O–H groups in total. The van der Waals surface area contributed by atoms with Crippen LogP contribution in [0.25, 0.3) is 0 Å². The van der Waals surface area contributed by atoms with Crippen LogP contribution in [0.2, 0.25) is 0 Å². The fourth-order valence-electron chi connectivity index (χ4n) is 3.31. The van der Waals surface area contributed by atoms with Crippen molar-refractivity contribution >= 4 is 23.4 Å². The Morgan fingerprint density at radius 2 is 1.85 bits per heavy atom. The molecule has 3 rings (SSSR count). The number of aromatic nitrogens is 1. The van der Waals surface area contributed by atoms with Gasteiger partial charge in [-0.3, -0.25) is 4.79 Å². The van der Waals surface area contributed by atoms with Gasteiger partial charge in [-0.1, -0.05) is 12.5 Å². The fourth-order valence-corrected chi connectivity index (χ4v) is 4.16. The van der Waals surface area contributed by atoms with Gasteiger partial charge >= 0.3 is 0 Å². The summed E-state index contributed by atoms with van der Waals surface area (Å²) in [7, 11) is 0. The normalized spacial score (nSPS) is 15.0. The minimum atomic E-state index is -0.118. The summed E-state index contributed by atoms with van der Waals surface area (Å²) in [6.45, 7) is 7.62. The van der Waals surface area contributed by atoms with Gasteiger partial charge in [-0.05, 0) is 75.2 Å². The molecule has 0 bridgehead atoms. The molecule has 1 amide bonds. The number of hydrogen-bond donors (Lipinski definition) is 1. The molecule has 0 unspecified atom stereocenters. The third kappa shape index (κ3) is 5.58. The molecule has 1 aliphatic rings. The van der Waals surface area contributed by atoms with Crippen molar-refractivity contribution in [3.8, 4) is 0 Å². The lowest BCUT2D eigenvalue weighted by Gasteiger charge is -2.25. The predicted molar refractivity (Wildman–Crippen MR) is 109 cm³/mol. The van der Waals surface area contributed by atoms with E-state index in [0.717, 1.165) is 34.1 Å². The van der Waals surface area contributed by atoms with E-state index >= 15 is 0 Å². The summed E-state index contributed by atoms with van der Waals surface area (Å²) in [4.78, 5) is 19.4. The van der Waals surface area contributed by atoms with Crippen LogP contribution in [0.3, 0.4) is 0 Å². The van der Waals surface area contributed by atoms with Crippen molar-refractivity contribution in [2.75, 3.05) is 30.7 Å². The van der Waals surface area contributed by atoms with Gasteiger partial charge in [-0.15, -0.1) is 11.8 Å². The Hall–Kier alpha value is -1.85. The van der Waals surface area contributed by atoms with Gasteiger partial charge in [0.05, 0.1) is 10.6 Å². The molecular formula is C21H27N3OS. The van der Waals surface area contributed by atoms with Crippen molar-refractivity contribution < 1.29 is 4.79 Å². The van der Waals surface area contributed by atoms with Gasteiger partial charge in [-0.25, -0.2) is 4.98 Å². The highest BCUT2D eigenvalue weighted by molar-refractivity contribution is 7.99. The van der Waals surface area contributed by atoms with Gasteiger partial charge in [0.2, 0.25) is 0 Å². The molecule has 138 valence electrons. The molecule has 4 nitrogen and oxygen atoms in total. The number of anilines is 1. The molecule has 0 saturated carbocycles. The van der Waals surface area contributed by atoms with Crippen LogP contribution in [0.5, 0.6) is 0 Å². The molecule has 2 heterocycles. The number of amides is 1. The Bertz CT molecular complexity index is 719. The molecule has 26 heavy (non-hydrogen) atoms. The smallest absolute Gasteiger partial charge is 0.257 e. The molecule has 0 aliphatic carbocycles. The second kappa shape index (κ2) is 9.19. The topological polar surface area (TPSA) is 45.2 Å². The molecule has 1 aliphatic heterocycles. The number of thioether (sulfide) groups is 1. The summed E-state index contributed by atoms with van der Waals surface area (Å²) in [5.74, 6) is 0.925. The summed E-state index contributed by atoms with van der Waals surface area (Å²) in [5, 5.41) is 3.93. The summed E-state index contributed by atoms with van der Waals surface area (Å²) in [6.07, 6.45) is 5.69. The van der Waals surface area contributed by atoms with Crippen LogP contribution in [0.15, 0.2) is 41.6 Å². The minimum absolute atomic E-state index is 0.118. The number of likely N-dealkylation sites (tertiary alicyclic amines) is 1. The van der Waals surface area contributed by atoms with Crippen LogP contribution >= 0.6 is 11.8 Å². The number of rotatable bonds is 6. The van der Waals surface area contributed by atoms with E-state index in [1.807, 2.05) is 38.1 Å². The van der Waals surface area contributed by atoms with Gasteiger partial charge in [0.1, 0.15) is 0 Å². The molecule has 0 radical (unpaired) electrons. The molecule has 1 aromatic heterocycles. The van der Waals surface area contributed by atoms with Crippen LogP contribution in [0, 0.1) is 13.8 Å². The van der Waals surface area contributed by atoms with E-state index in [0.29, 0.717) is 5.56 Å². The number of piperidine rings is 1. The number of carbonyl (C=O) groups is 1. The van der Waals surface area contributed by atoms with E-state index in [4.69, 9.17) is 0 Å². The van der Waals surface area contributed by atoms with E-state index in [2.05, 4.69) is 21.3 Å². The zero-order valence-corrected chi connectivity index (χ0v) is 16.4. The van der Waals surface area contributed by atoms with E-state index in [1.165, 1.54) is 32.4 Å². The first kappa shape index (κ1) is 18.9. The highest BCUT2D eigenvalue weighted by atomic mass is 32.2. The summed E-state index contributed by atoms with van der Waals surface area (Å²) < 4.78 is 0. The number of hydrogen-bond acceptors (Lipinski definition) is 4. The minimum Gasteiger partial charge on any atom is -0.322 e. The lowest BCUT2D eigenvalue weighted by atomic mass is 10.1. The maximum atomic E-state index is 12.4. The maximum Gasteiger partial charge on any atom is 0.257 e. The first-order chi connectivity index (χ1) is 12.6. The number of aryl methyl sites for hydroxylation is 2. The molecule has 0 atom stereocenters. The van der Waals surface area contributed by atoms with Gasteiger partial charge in [0, 0.05) is 24.2 Å². The Labute approximate surface area is 160 Å². The fraction of sp³-hybridized carbons (Fsp3) is 0.429. The third-order valence-electron chi connectivity index (χ3n) is 4.58. The zero-order valence-electron chi connectivity index (χ0n) is 15.6. The van der Waals surface area contributed by atoms with Gasteiger partial charge in [0.25, 0.3) is 5.91 Å². The number of nitrogens with zero attached hydrogens (tertiary/aromatic N) is 2. The van der Waals surface area contributed by atoms with Crippen LogP contribution in [-0.2, 0) is 0 Å². The molecule has 2 aromatic rings. The Morgan fingerprint density at radius 3 is 2.50 bits per heavy atom. The summed E-state index contributed by atoms with van der Waals surface area (Å²) in [5.41, 5.74) is 3.69. The van der Waals surface area contributed by atoms with Crippen molar-refractivity contribution in [2.24, 2.45) is 0 Å².